The van der Waals surface area contributed by atoms with Crippen LogP contribution in [0.2, 0.25) is 0 Å². The lowest BCUT2D eigenvalue weighted by atomic mass is 9.85. The summed E-state index contributed by atoms with van der Waals surface area (Å²) in [6, 6.07) is 0. The molecule has 0 spiro atoms. The number of rotatable bonds is 4. The Labute approximate surface area is 77.7 Å². The number of hydrogen-bond acceptors (Lipinski definition) is 0. The zero-order valence-corrected chi connectivity index (χ0v) is 9.35. The predicted molar refractivity (Wildman–Crippen MR) is 55.1 cm³/mol. The third-order valence-electron chi connectivity index (χ3n) is 4.41. The molecule has 0 aromatic carbocycles. The molecule has 0 saturated heterocycles. The molecule has 0 bridgehead atoms. The molecule has 0 aliphatic heterocycles. The molecule has 1 saturated carbocycles. The van der Waals surface area contributed by atoms with Gasteiger partial charge in [-0.25, -0.2) is 0 Å². The van der Waals surface area contributed by atoms with E-state index < -0.39 is 0 Å². The van der Waals surface area contributed by atoms with E-state index in [1.807, 2.05) is 0 Å². The second-order valence-electron chi connectivity index (χ2n) is 5.06. The van der Waals surface area contributed by atoms with E-state index in [-0.39, 0.29) is 0 Å². The molecule has 0 radical (unpaired) electrons. The fraction of sp³-hybridized carbons (Fsp3) is 1.00. The lowest BCUT2D eigenvalue weighted by molar-refractivity contribution is 0.290. The van der Waals surface area contributed by atoms with Crippen LogP contribution in [0.1, 0.15) is 53.9 Å². The first-order chi connectivity index (χ1) is 5.55. The van der Waals surface area contributed by atoms with Crippen molar-refractivity contribution in [2.45, 2.75) is 53.9 Å². The maximum absolute atomic E-state index is 2.45. The Hall–Kier alpha value is 0. The highest BCUT2D eigenvalue weighted by atomic mass is 14.6. The van der Waals surface area contributed by atoms with Crippen LogP contribution in [0.4, 0.5) is 0 Å². The highest BCUT2D eigenvalue weighted by Crippen LogP contribution is 2.59. The summed E-state index contributed by atoms with van der Waals surface area (Å²) in [7, 11) is 0. The van der Waals surface area contributed by atoms with E-state index in [1.54, 1.807) is 0 Å². The van der Waals surface area contributed by atoms with Crippen LogP contribution in [0.5, 0.6) is 0 Å². The van der Waals surface area contributed by atoms with Gasteiger partial charge in [-0.05, 0) is 29.6 Å². The third-order valence-corrected chi connectivity index (χ3v) is 4.41. The Morgan fingerprint density at radius 2 is 1.92 bits per heavy atom. The van der Waals surface area contributed by atoms with Gasteiger partial charge in [-0.1, -0.05) is 47.5 Å². The Morgan fingerprint density at radius 3 is 2.25 bits per heavy atom. The summed E-state index contributed by atoms with van der Waals surface area (Å²) in [5.74, 6) is 2.89. The Balaban J connectivity index is 2.42. The van der Waals surface area contributed by atoms with Gasteiger partial charge >= 0.3 is 0 Å². The van der Waals surface area contributed by atoms with Gasteiger partial charge in [0.2, 0.25) is 0 Å². The van der Waals surface area contributed by atoms with Gasteiger partial charge in [-0.15, -0.1) is 0 Å². The minimum atomic E-state index is 0.711. The average molecular weight is 168 g/mol. The first-order valence-electron chi connectivity index (χ1n) is 5.55. The monoisotopic (exact) mass is 168 g/mol. The molecular weight excluding hydrogens is 144 g/mol. The van der Waals surface area contributed by atoms with Crippen molar-refractivity contribution in [2.24, 2.45) is 23.2 Å². The first-order valence-corrected chi connectivity index (χ1v) is 5.55. The third kappa shape index (κ3) is 1.67. The molecular formula is C12H24. The van der Waals surface area contributed by atoms with Crippen LogP contribution in [-0.2, 0) is 0 Å². The fourth-order valence-corrected chi connectivity index (χ4v) is 2.44. The highest BCUT2D eigenvalue weighted by Gasteiger charge is 2.51. The van der Waals surface area contributed by atoms with E-state index in [0.29, 0.717) is 5.41 Å². The van der Waals surface area contributed by atoms with Crippen molar-refractivity contribution in [1.82, 2.24) is 0 Å². The second kappa shape index (κ2) is 3.40. The van der Waals surface area contributed by atoms with Crippen molar-refractivity contribution < 1.29 is 0 Å². The van der Waals surface area contributed by atoms with Crippen LogP contribution in [0.3, 0.4) is 0 Å². The van der Waals surface area contributed by atoms with Gasteiger partial charge in [-0.3, -0.25) is 0 Å². The molecule has 1 fully saturated rings. The van der Waals surface area contributed by atoms with Crippen LogP contribution in [0, 0.1) is 23.2 Å². The van der Waals surface area contributed by atoms with Crippen molar-refractivity contribution in [3.63, 3.8) is 0 Å². The smallest absolute Gasteiger partial charge is 0.0294 e. The first kappa shape index (κ1) is 10.1. The molecule has 0 heteroatoms. The van der Waals surface area contributed by atoms with E-state index >= 15 is 0 Å². The summed E-state index contributed by atoms with van der Waals surface area (Å²) in [5, 5.41) is 0. The normalized spacial score (nSPS) is 39.2. The Bertz CT molecular complexity index is 150. The summed E-state index contributed by atoms with van der Waals surface area (Å²) >= 11 is 0. The molecule has 0 amide bonds. The standard InChI is InChI=1S/C12H24/c1-6-9(3)10(4)11-8-12(11,5)7-2/h9-11H,6-8H2,1-5H3. The van der Waals surface area contributed by atoms with Gasteiger partial charge in [0.1, 0.15) is 0 Å². The Morgan fingerprint density at radius 1 is 1.33 bits per heavy atom. The minimum Gasteiger partial charge on any atom is -0.0651 e. The zero-order valence-electron chi connectivity index (χ0n) is 9.35. The molecule has 0 heterocycles. The molecule has 1 aliphatic rings. The molecule has 1 aliphatic carbocycles. The van der Waals surface area contributed by atoms with Gasteiger partial charge in [0.15, 0.2) is 0 Å². The summed E-state index contributed by atoms with van der Waals surface area (Å²) in [5.41, 5.74) is 0.711. The van der Waals surface area contributed by atoms with Crippen LogP contribution in [0.25, 0.3) is 0 Å². The lowest BCUT2D eigenvalue weighted by Crippen LogP contribution is -2.13. The molecule has 1 rings (SSSR count). The van der Waals surface area contributed by atoms with E-state index in [9.17, 15) is 0 Å². The Kier molecular flexibility index (Phi) is 2.85. The molecule has 72 valence electrons. The molecule has 4 unspecified atom stereocenters. The maximum Gasteiger partial charge on any atom is -0.0294 e. The molecule has 4 atom stereocenters. The van der Waals surface area contributed by atoms with Crippen LogP contribution < -0.4 is 0 Å². The predicted octanol–water partition coefficient (Wildman–Crippen LogP) is 4.10. The van der Waals surface area contributed by atoms with E-state index in [0.717, 1.165) is 17.8 Å². The quantitative estimate of drug-likeness (QED) is 0.592. The second-order valence-corrected chi connectivity index (χ2v) is 5.06. The van der Waals surface area contributed by atoms with Crippen molar-refractivity contribution >= 4 is 0 Å². The largest absolute Gasteiger partial charge is 0.0651 e. The van der Waals surface area contributed by atoms with Crippen LogP contribution >= 0.6 is 0 Å². The van der Waals surface area contributed by atoms with Crippen molar-refractivity contribution in [3.05, 3.63) is 0 Å². The molecule has 0 aromatic heterocycles. The minimum absolute atomic E-state index is 0.711. The van der Waals surface area contributed by atoms with E-state index in [4.69, 9.17) is 0 Å². The van der Waals surface area contributed by atoms with Crippen molar-refractivity contribution in [3.8, 4) is 0 Å². The SMILES string of the molecule is CCC(C)C(C)C1CC1(C)CC. The maximum atomic E-state index is 2.45. The topological polar surface area (TPSA) is 0 Å². The summed E-state index contributed by atoms with van der Waals surface area (Å²) in [6.07, 6.45) is 4.20. The van der Waals surface area contributed by atoms with E-state index in [2.05, 4.69) is 34.6 Å². The van der Waals surface area contributed by atoms with Gasteiger partial charge in [0.05, 0.1) is 0 Å². The molecule has 0 nitrogen and oxygen atoms in total. The van der Waals surface area contributed by atoms with Crippen molar-refractivity contribution in [2.75, 3.05) is 0 Å². The summed E-state index contributed by atoms with van der Waals surface area (Å²) in [6.45, 7) is 11.9. The lowest BCUT2D eigenvalue weighted by Gasteiger charge is -2.20. The van der Waals surface area contributed by atoms with E-state index in [1.165, 1.54) is 19.3 Å². The van der Waals surface area contributed by atoms with Gasteiger partial charge < -0.3 is 0 Å². The molecule has 0 aromatic rings. The average Bonchev–Trinajstić information content (AvgIpc) is 2.76. The zero-order chi connectivity index (χ0) is 9.35. The van der Waals surface area contributed by atoms with Gasteiger partial charge in [0, 0.05) is 0 Å². The molecule has 12 heavy (non-hydrogen) atoms. The summed E-state index contributed by atoms with van der Waals surface area (Å²) < 4.78 is 0. The van der Waals surface area contributed by atoms with Crippen LogP contribution in [-0.4, -0.2) is 0 Å². The highest BCUT2D eigenvalue weighted by molar-refractivity contribution is 5.00. The summed E-state index contributed by atoms with van der Waals surface area (Å²) in [4.78, 5) is 0. The van der Waals surface area contributed by atoms with Gasteiger partial charge in [-0.2, -0.15) is 0 Å². The van der Waals surface area contributed by atoms with Crippen molar-refractivity contribution in [1.29, 1.82) is 0 Å². The number of hydrogen-bond donors (Lipinski definition) is 0. The van der Waals surface area contributed by atoms with Gasteiger partial charge in [0.25, 0.3) is 0 Å². The fourth-order valence-electron chi connectivity index (χ4n) is 2.44. The molecule has 0 N–H and O–H groups in total. The van der Waals surface area contributed by atoms with Crippen LogP contribution in [0.15, 0.2) is 0 Å².